The summed E-state index contributed by atoms with van der Waals surface area (Å²) < 4.78 is 7.18. The average molecular weight is 260 g/mol. The third kappa shape index (κ3) is 2.67. The quantitative estimate of drug-likeness (QED) is 0.888. The van der Waals surface area contributed by atoms with Gasteiger partial charge in [-0.1, -0.05) is 18.2 Å². The molecule has 2 N–H and O–H groups in total. The fourth-order valence-electron chi connectivity index (χ4n) is 2.10. The summed E-state index contributed by atoms with van der Waals surface area (Å²) in [5.74, 6) is 1.65. The van der Waals surface area contributed by atoms with Gasteiger partial charge in [-0.3, -0.25) is 0 Å². The van der Waals surface area contributed by atoms with E-state index in [0.29, 0.717) is 19.7 Å². The summed E-state index contributed by atoms with van der Waals surface area (Å²) >= 11 is 0. The van der Waals surface area contributed by atoms with Crippen LogP contribution < -0.4 is 5.73 Å². The molecule has 2 rings (SSSR count). The zero-order valence-electron chi connectivity index (χ0n) is 11.7. The topological polar surface area (TPSA) is 66.0 Å². The lowest BCUT2D eigenvalue weighted by atomic mass is 10.0. The second-order valence-corrected chi connectivity index (χ2v) is 4.54. The van der Waals surface area contributed by atoms with Gasteiger partial charge in [0.2, 0.25) is 0 Å². The Morgan fingerprint density at radius 3 is 2.74 bits per heavy atom. The summed E-state index contributed by atoms with van der Waals surface area (Å²) in [5.41, 5.74) is 9.28. The molecule has 0 unspecified atom stereocenters. The molecule has 0 bridgehead atoms. The average Bonchev–Trinajstić information content (AvgIpc) is 2.82. The van der Waals surface area contributed by atoms with Crippen molar-refractivity contribution < 1.29 is 4.74 Å². The van der Waals surface area contributed by atoms with Crippen LogP contribution in [0.2, 0.25) is 0 Å². The van der Waals surface area contributed by atoms with Gasteiger partial charge in [0.1, 0.15) is 5.82 Å². The van der Waals surface area contributed by atoms with Crippen LogP contribution in [0.3, 0.4) is 0 Å². The predicted molar refractivity (Wildman–Crippen MR) is 74.7 cm³/mol. The van der Waals surface area contributed by atoms with E-state index >= 15 is 0 Å². The van der Waals surface area contributed by atoms with Gasteiger partial charge in [0.25, 0.3) is 0 Å². The normalized spacial score (nSPS) is 10.9. The second-order valence-electron chi connectivity index (χ2n) is 4.54. The fourth-order valence-corrected chi connectivity index (χ4v) is 2.10. The van der Waals surface area contributed by atoms with Gasteiger partial charge < -0.3 is 15.0 Å². The summed E-state index contributed by atoms with van der Waals surface area (Å²) in [6.45, 7) is 5.89. The number of aryl methyl sites for hydroxylation is 1. The van der Waals surface area contributed by atoms with Crippen molar-refractivity contribution in [2.45, 2.75) is 26.9 Å². The minimum atomic E-state index is 0.377. The number of rotatable bonds is 5. The van der Waals surface area contributed by atoms with E-state index in [0.717, 1.165) is 17.2 Å². The molecule has 0 aliphatic heterocycles. The summed E-state index contributed by atoms with van der Waals surface area (Å²) in [6, 6.07) is 6.20. The Morgan fingerprint density at radius 2 is 2.05 bits per heavy atom. The first kappa shape index (κ1) is 13.7. The highest BCUT2D eigenvalue weighted by atomic mass is 16.5. The molecule has 5 nitrogen and oxygen atoms in total. The van der Waals surface area contributed by atoms with Crippen molar-refractivity contribution in [1.29, 1.82) is 0 Å². The molecule has 0 atom stereocenters. The van der Waals surface area contributed by atoms with E-state index in [1.54, 1.807) is 7.11 Å². The Morgan fingerprint density at radius 1 is 1.26 bits per heavy atom. The van der Waals surface area contributed by atoms with E-state index in [1.807, 2.05) is 10.6 Å². The molecule has 19 heavy (non-hydrogen) atoms. The molecule has 5 heteroatoms. The highest BCUT2D eigenvalue weighted by molar-refractivity contribution is 5.62. The minimum Gasteiger partial charge on any atom is -0.383 e. The molecule has 0 saturated heterocycles. The molecule has 2 aromatic rings. The van der Waals surface area contributed by atoms with E-state index < -0.39 is 0 Å². The van der Waals surface area contributed by atoms with Crippen LogP contribution in [0.4, 0.5) is 0 Å². The van der Waals surface area contributed by atoms with Gasteiger partial charge in [0.15, 0.2) is 5.82 Å². The number of aromatic nitrogens is 3. The molecule has 0 aliphatic carbocycles. The lowest BCUT2D eigenvalue weighted by molar-refractivity contribution is 0.186. The molecule has 0 aliphatic rings. The van der Waals surface area contributed by atoms with Crippen LogP contribution >= 0.6 is 0 Å². The molecule has 0 spiro atoms. The first-order valence-electron chi connectivity index (χ1n) is 6.36. The molecule has 0 fully saturated rings. The van der Waals surface area contributed by atoms with Crippen LogP contribution in [0.1, 0.15) is 17.0 Å². The number of ether oxygens (including phenoxy) is 1. The minimum absolute atomic E-state index is 0.377. The first-order valence-corrected chi connectivity index (χ1v) is 6.36. The molecular weight excluding hydrogens is 240 g/mol. The highest BCUT2D eigenvalue weighted by Crippen LogP contribution is 2.24. The maximum absolute atomic E-state index is 5.72. The third-order valence-electron chi connectivity index (χ3n) is 3.37. The molecule has 1 heterocycles. The Kier molecular flexibility index (Phi) is 4.29. The Bertz CT molecular complexity index is 563. The Balaban J connectivity index is 2.49. The lowest BCUT2D eigenvalue weighted by Gasteiger charge is -2.11. The third-order valence-corrected chi connectivity index (χ3v) is 3.37. The van der Waals surface area contributed by atoms with Crippen molar-refractivity contribution in [3.63, 3.8) is 0 Å². The molecule has 1 aromatic carbocycles. The number of nitrogens with zero attached hydrogens (tertiary/aromatic N) is 3. The second kappa shape index (κ2) is 5.95. The number of benzene rings is 1. The van der Waals surface area contributed by atoms with Gasteiger partial charge >= 0.3 is 0 Å². The van der Waals surface area contributed by atoms with Gasteiger partial charge in [0, 0.05) is 19.2 Å². The number of hydrogen-bond acceptors (Lipinski definition) is 4. The molecule has 0 amide bonds. The van der Waals surface area contributed by atoms with Crippen molar-refractivity contribution in [3.05, 3.63) is 35.2 Å². The van der Waals surface area contributed by atoms with Crippen LogP contribution in [-0.4, -0.2) is 28.5 Å². The van der Waals surface area contributed by atoms with Crippen molar-refractivity contribution in [2.24, 2.45) is 5.73 Å². The lowest BCUT2D eigenvalue weighted by Crippen LogP contribution is -2.13. The SMILES string of the molecule is COCCn1c(CN)nnc1-c1cccc(C)c1C. The van der Waals surface area contributed by atoms with Crippen LogP contribution in [0, 0.1) is 13.8 Å². The van der Waals surface area contributed by atoms with E-state index in [2.05, 4.69) is 36.2 Å². The van der Waals surface area contributed by atoms with Crippen molar-refractivity contribution in [2.75, 3.05) is 13.7 Å². The number of hydrogen-bond donors (Lipinski definition) is 1. The summed E-state index contributed by atoms with van der Waals surface area (Å²) in [7, 11) is 1.68. The molecule has 0 saturated carbocycles. The van der Waals surface area contributed by atoms with Crippen molar-refractivity contribution in [3.8, 4) is 11.4 Å². The maximum Gasteiger partial charge on any atom is 0.164 e. The summed E-state index contributed by atoms with van der Waals surface area (Å²) in [5, 5.41) is 8.46. The predicted octanol–water partition coefficient (Wildman–Crippen LogP) is 1.67. The van der Waals surface area contributed by atoms with Crippen molar-refractivity contribution >= 4 is 0 Å². The van der Waals surface area contributed by atoms with Gasteiger partial charge in [-0.05, 0) is 25.0 Å². The molecular formula is C14H20N4O. The first-order chi connectivity index (χ1) is 9.19. The van der Waals surface area contributed by atoms with Gasteiger partial charge in [-0.15, -0.1) is 10.2 Å². The number of nitrogens with two attached hydrogens (primary N) is 1. The zero-order valence-corrected chi connectivity index (χ0v) is 11.7. The Hall–Kier alpha value is -1.72. The highest BCUT2D eigenvalue weighted by Gasteiger charge is 2.14. The Labute approximate surface area is 113 Å². The maximum atomic E-state index is 5.72. The van der Waals surface area contributed by atoms with Gasteiger partial charge in [-0.25, -0.2) is 0 Å². The number of methoxy groups -OCH3 is 1. The zero-order chi connectivity index (χ0) is 13.8. The smallest absolute Gasteiger partial charge is 0.164 e. The standard InChI is InChI=1S/C14H20N4O/c1-10-5-4-6-12(11(10)2)14-17-16-13(9-15)18(14)7-8-19-3/h4-6H,7-9,15H2,1-3H3. The van der Waals surface area contributed by atoms with E-state index in [4.69, 9.17) is 10.5 Å². The van der Waals surface area contributed by atoms with Crippen LogP contribution in [-0.2, 0) is 17.8 Å². The van der Waals surface area contributed by atoms with Crippen molar-refractivity contribution in [1.82, 2.24) is 14.8 Å². The summed E-state index contributed by atoms with van der Waals surface area (Å²) in [6.07, 6.45) is 0. The van der Waals surface area contributed by atoms with Gasteiger partial charge in [-0.2, -0.15) is 0 Å². The van der Waals surface area contributed by atoms with Crippen LogP contribution in [0.5, 0.6) is 0 Å². The summed E-state index contributed by atoms with van der Waals surface area (Å²) in [4.78, 5) is 0. The van der Waals surface area contributed by atoms with Gasteiger partial charge in [0.05, 0.1) is 13.2 Å². The van der Waals surface area contributed by atoms with E-state index in [9.17, 15) is 0 Å². The van der Waals surface area contributed by atoms with Crippen LogP contribution in [0.15, 0.2) is 18.2 Å². The molecule has 0 radical (unpaired) electrons. The molecule has 1 aromatic heterocycles. The monoisotopic (exact) mass is 260 g/mol. The van der Waals surface area contributed by atoms with E-state index in [-0.39, 0.29) is 0 Å². The largest absolute Gasteiger partial charge is 0.383 e. The van der Waals surface area contributed by atoms with E-state index in [1.165, 1.54) is 11.1 Å². The molecule has 102 valence electrons. The van der Waals surface area contributed by atoms with Crippen LogP contribution in [0.25, 0.3) is 11.4 Å². The fraction of sp³-hybridized carbons (Fsp3) is 0.429.